The Morgan fingerprint density at radius 3 is 2.52 bits per heavy atom. The summed E-state index contributed by atoms with van der Waals surface area (Å²) in [5.74, 6) is -0.454. The van der Waals surface area contributed by atoms with Crippen molar-refractivity contribution in [3.63, 3.8) is 0 Å². The van der Waals surface area contributed by atoms with Crippen LogP contribution in [0.3, 0.4) is 0 Å². The highest BCUT2D eigenvalue weighted by atomic mass is 35.5. The van der Waals surface area contributed by atoms with Crippen LogP contribution in [0.1, 0.15) is 22.6 Å². The Balaban J connectivity index is 1.52. The highest BCUT2D eigenvalue weighted by Crippen LogP contribution is 2.22. The van der Waals surface area contributed by atoms with Crippen LogP contribution in [-0.4, -0.2) is 18.0 Å². The number of nitrogens with one attached hydrogen (secondary N) is 2. The van der Waals surface area contributed by atoms with Crippen LogP contribution in [-0.2, 0) is 16.1 Å². The van der Waals surface area contributed by atoms with Gasteiger partial charge < -0.3 is 15.1 Å². The number of carbonyl (C=O) groups is 2. The molecular formula is C22H20ClN3O3. The van der Waals surface area contributed by atoms with Crippen LogP contribution < -0.4 is 10.6 Å². The lowest BCUT2D eigenvalue weighted by Crippen LogP contribution is -2.34. The van der Waals surface area contributed by atoms with E-state index in [1.54, 1.807) is 36.5 Å². The van der Waals surface area contributed by atoms with Crippen LogP contribution in [0, 0.1) is 13.8 Å². The molecule has 0 aliphatic carbocycles. The first kappa shape index (κ1) is 20.4. The number of aliphatic imine (C=N–C) groups is 1. The highest BCUT2D eigenvalue weighted by molar-refractivity contribution is 6.39. The van der Waals surface area contributed by atoms with Gasteiger partial charge in [-0.15, -0.1) is 0 Å². The van der Waals surface area contributed by atoms with Crippen molar-refractivity contribution in [3.05, 3.63) is 82.3 Å². The molecular weight excluding hydrogens is 390 g/mol. The normalized spacial score (nSPS) is 10.9. The fraction of sp³-hybridized carbons (Fsp3) is 0.136. The molecule has 1 aromatic heterocycles. The van der Waals surface area contributed by atoms with E-state index in [0.717, 1.165) is 11.1 Å². The first-order valence-electron chi connectivity index (χ1n) is 8.95. The zero-order valence-corrected chi connectivity index (χ0v) is 16.8. The number of benzene rings is 2. The zero-order chi connectivity index (χ0) is 20.8. The minimum absolute atomic E-state index is 0.0876. The van der Waals surface area contributed by atoms with Crippen molar-refractivity contribution in [2.24, 2.45) is 4.99 Å². The lowest BCUT2D eigenvalue weighted by Gasteiger charge is -2.05. The maximum Gasteiger partial charge on any atom is 0.313 e. The van der Waals surface area contributed by atoms with Gasteiger partial charge in [-0.25, -0.2) is 0 Å². The SMILES string of the molecule is Cc1ccc(NC(=O)C(=O)NCc2ccc(C=Nc3ccc(C)c(Cl)c3)o2)cc1. The molecule has 0 radical (unpaired) electrons. The Morgan fingerprint density at radius 1 is 1.03 bits per heavy atom. The second-order valence-electron chi connectivity index (χ2n) is 6.50. The number of amides is 2. The minimum atomic E-state index is -0.744. The average molecular weight is 410 g/mol. The van der Waals surface area contributed by atoms with Gasteiger partial charge in [0, 0.05) is 10.7 Å². The van der Waals surface area contributed by atoms with Crippen molar-refractivity contribution in [2.75, 3.05) is 5.32 Å². The second-order valence-corrected chi connectivity index (χ2v) is 6.91. The minimum Gasteiger partial charge on any atom is -0.458 e. The lowest BCUT2D eigenvalue weighted by molar-refractivity contribution is -0.136. The molecule has 148 valence electrons. The van der Waals surface area contributed by atoms with Crippen molar-refractivity contribution in [2.45, 2.75) is 20.4 Å². The Labute approximate surface area is 173 Å². The van der Waals surface area contributed by atoms with Crippen LogP contribution >= 0.6 is 11.6 Å². The molecule has 29 heavy (non-hydrogen) atoms. The number of nitrogens with zero attached hydrogens (tertiary/aromatic N) is 1. The van der Waals surface area contributed by atoms with Crippen LogP contribution in [0.25, 0.3) is 0 Å². The van der Waals surface area contributed by atoms with E-state index in [9.17, 15) is 9.59 Å². The number of rotatable bonds is 5. The standard InChI is InChI=1S/C22H20ClN3O3/c1-14-3-6-16(7-4-14)26-22(28)21(27)25-13-19-10-9-18(29-19)12-24-17-8-5-15(2)20(23)11-17/h3-12H,13H2,1-2H3,(H,25,27)(H,26,28). The number of halogens is 1. The molecule has 3 rings (SSSR count). The third-order valence-corrected chi connectivity index (χ3v) is 4.52. The number of aryl methyl sites for hydroxylation is 2. The van der Waals surface area contributed by atoms with E-state index in [4.69, 9.17) is 16.0 Å². The molecule has 0 atom stereocenters. The van der Waals surface area contributed by atoms with Gasteiger partial charge in [-0.1, -0.05) is 35.4 Å². The van der Waals surface area contributed by atoms with Crippen LogP contribution in [0.4, 0.5) is 11.4 Å². The smallest absolute Gasteiger partial charge is 0.313 e. The third-order valence-electron chi connectivity index (χ3n) is 4.12. The Morgan fingerprint density at radius 2 is 1.79 bits per heavy atom. The summed E-state index contributed by atoms with van der Waals surface area (Å²) >= 11 is 6.08. The van der Waals surface area contributed by atoms with Crippen molar-refractivity contribution < 1.29 is 14.0 Å². The number of carbonyl (C=O) groups excluding carboxylic acids is 2. The number of furan rings is 1. The summed E-state index contributed by atoms with van der Waals surface area (Å²) in [6, 6.07) is 16.1. The molecule has 0 bridgehead atoms. The number of anilines is 1. The van der Waals surface area contributed by atoms with Crippen LogP contribution in [0.15, 0.2) is 64.0 Å². The van der Waals surface area contributed by atoms with E-state index >= 15 is 0 Å². The molecule has 7 heteroatoms. The van der Waals surface area contributed by atoms with Gasteiger partial charge in [-0.2, -0.15) is 0 Å². The maximum atomic E-state index is 12.0. The predicted molar refractivity (Wildman–Crippen MR) is 114 cm³/mol. The molecule has 2 aromatic carbocycles. The average Bonchev–Trinajstić information content (AvgIpc) is 3.16. The van der Waals surface area contributed by atoms with E-state index in [2.05, 4.69) is 15.6 Å². The summed E-state index contributed by atoms with van der Waals surface area (Å²) in [5, 5.41) is 5.71. The first-order valence-corrected chi connectivity index (χ1v) is 9.33. The molecule has 0 saturated carbocycles. The van der Waals surface area contributed by atoms with Gasteiger partial charge in [0.1, 0.15) is 11.5 Å². The molecule has 0 aliphatic rings. The molecule has 0 aliphatic heterocycles. The number of hydrogen-bond donors (Lipinski definition) is 2. The van der Waals surface area contributed by atoms with E-state index in [0.29, 0.717) is 27.9 Å². The van der Waals surface area contributed by atoms with Crippen molar-refractivity contribution in [1.82, 2.24) is 5.32 Å². The quantitative estimate of drug-likeness (QED) is 0.478. The summed E-state index contributed by atoms with van der Waals surface area (Å²) in [7, 11) is 0. The van der Waals surface area contributed by atoms with E-state index in [1.807, 2.05) is 38.1 Å². The molecule has 0 saturated heterocycles. The summed E-state index contributed by atoms with van der Waals surface area (Å²) in [4.78, 5) is 28.2. The largest absolute Gasteiger partial charge is 0.458 e. The fourth-order valence-corrected chi connectivity index (χ4v) is 2.61. The Hall–Kier alpha value is -3.38. The topological polar surface area (TPSA) is 83.7 Å². The second kappa shape index (κ2) is 9.21. The van der Waals surface area contributed by atoms with Gasteiger partial charge >= 0.3 is 11.8 Å². The van der Waals surface area contributed by atoms with Gasteiger partial charge in [0.25, 0.3) is 0 Å². The van der Waals surface area contributed by atoms with Crippen LogP contribution in [0.5, 0.6) is 0 Å². The predicted octanol–water partition coefficient (Wildman–Crippen LogP) is 4.56. The van der Waals surface area contributed by atoms with E-state index < -0.39 is 11.8 Å². The molecule has 1 heterocycles. The Kier molecular flexibility index (Phi) is 6.46. The number of hydrogen-bond acceptors (Lipinski definition) is 4. The fourth-order valence-electron chi connectivity index (χ4n) is 2.43. The maximum absolute atomic E-state index is 12.0. The molecule has 0 spiro atoms. The summed E-state index contributed by atoms with van der Waals surface area (Å²) in [5.41, 5.74) is 3.31. The van der Waals surface area contributed by atoms with Crippen LogP contribution in [0.2, 0.25) is 5.02 Å². The summed E-state index contributed by atoms with van der Waals surface area (Å²) < 4.78 is 5.59. The molecule has 6 nitrogen and oxygen atoms in total. The first-order chi connectivity index (χ1) is 13.9. The van der Waals surface area contributed by atoms with Gasteiger partial charge in [0.15, 0.2) is 0 Å². The highest BCUT2D eigenvalue weighted by Gasteiger charge is 2.14. The summed E-state index contributed by atoms with van der Waals surface area (Å²) in [6.45, 7) is 3.95. The molecule has 3 aromatic rings. The van der Waals surface area contributed by atoms with Gasteiger partial charge in [-0.3, -0.25) is 14.6 Å². The van der Waals surface area contributed by atoms with Gasteiger partial charge in [0.05, 0.1) is 18.4 Å². The monoisotopic (exact) mass is 409 g/mol. The van der Waals surface area contributed by atoms with Crippen molar-refractivity contribution in [1.29, 1.82) is 0 Å². The van der Waals surface area contributed by atoms with E-state index in [1.165, 1.54) is 0 Å². The lowest BCUT2D eigenvalue weighted by atomic mass is 10.2. The van der Waals surface area contributed by atoms with Crippen molar-refractivity contribution in [3.8, 4) is 0 Å². The van der Waals surface area contributed by atoms with E-state index in [-0.39, 0.29) is 6.54 Å². The molecule has 2 N–H and O–H groups in total. The molecule has 2 amide bonds. The molecule has 0 unspecified atom stereocenters. The summed E-state index contributed by atoms with van der Waals surface area (Å²) in [6.07, 6.45) is 1.57. The molecule has 0 fully saturated rings. The zero-order valence-electron chi connectivity index (χ0n) is 16.0. The van der Waals surface area contributed by atoms with Crippen molar-refractivity contribution >= 4 is 41.0 Å². The third kappa shape index (κ3) is 5.80. The van der Waals surface area contributed by atoms with Gasteiger partial charge in [0.2, 0.25) is 0 Å². The Bertz CT molecular complexity index is 1060. The van der Waals surface area contributed by atoms with Gasteiger partial charge in [-0.05, 0) is 55.8 Å².